The van der Waals surface area contributed by atoms with Crippen molar-refractivity contribution >= 4 is 16.9 Å². The fourth-order valence-electron chi connectivity index (χ4n) is 5.73. The van der Waals surface area contributed by atoms with Gasteiger partial charge in [-0.15, -0.1) is 0 Å². The molecule has 1 saturated carbocycles. The Hall–Kier alpha value is -3.78. The van der Waals surface area contributed by atoms with Crippen LogP contribution >= 0.6 is 0 Å². The van der Waals surface area contributed by atoms with Gasteiger partial charge < -0.3 is 15.8 Å². The zero-order valence-electron chi connectivity index (χ0n) is 22.2. The van der Waals surface area contributed by atoms with Crippen LogP contribution in [0.5, 0.6) is 5.75 Å². The number of rotatable bonds is 8. The van der Waals surface area contributed by atoms with E-state index in [1.165, 1.54) is 22.3 Å². The van der Waals surface area contributed by atoms with E-state index in [9.17, 15) is 14.0 Å². The van der Waals surface area contributed by atoms with E-state index in [1.807, 2.05) is 20.9 Å². The van der Waals surface area contributed by atoms with E-state index in [-0.39, 0.29) is 28.8 Å². The third kappa shape index (κ3) is 4.13. The maximum atomic E-state index is 13.9. The van der Waals surface area contributed by atoms with Gasteiger partial charge in [-0.3, -0.25) is 4.90 Å². The zero-order valence-corrected chi connectivity index (χ0v) is 22.2. The van der Waals surface area contributed by atoms with E-state index in [0.717, 1.165) is 37.1 Å². The van der Waals surface area contributed by atoms with Crippen LogP contribution in [0.15, 0.2) is 23.7 Å². The number of fused-ring (bicyclic) bond motifs is 1. The monoisotopic (exact) mass is 522 g/mol. The molecular weight excluding hydrogens is 490 g/mol. The molecule has 2 unspecified atom stereocenters. The largest absolute Gasteiger partial charge is 0.496 e. The van der Waals surface area contributed by atoms with E-state index in [0.29, 0.717) is 16.9 Å². The summed E-state index contributed by atoms with van der Waals surface area (Å²) in [4.78, 5) is 10.5. The second-order valence-electron chi connectivity index (χ2n) is 10.1. The first-order chi connectivity index (χ1) is 18.2. The lowest BCUT2D eigenvalue weighted by molar-refractivity contribution is 0.112. The second kappa shape index (κ2) is 9.83. The Morgan fingerprint density at radius 1 is 1.26 bits per heavy atom. The van der Waals surface area contributed by atoms with Crippen LogP contribution in [0.1, 0.15) is 73.0 Å². The Kier molecular flexibility index (Phi) is 6.69. The van der Waals surface area contributed by atoms with Crippen molar-refractivity contribution in [3.8, 4) is 11.8 Å². The summed E-state index contributed by atoms with van der Waals surface area (Å²) in [7, 11) is 3.57. The second-order valence-corrected chi connectivity index (χ2v) is 10.1. The Morgan fingerprint density at radius 3 is 2.55 bits per heavy atom. The fourth-order valence-corrected chi connectivity index (χ4v) is 5.73. The van der Waals surface area contributed by atoms with Gasteiger partial charge in [0.15, 0.2) is 5.65 Å². The number of nitrogens with zero attached hydrogens (tertiary/aromatic N) is 6. The number of halogens is 2. The molecule has 3 heterocycles. The van der Waals surface area contributed by atoms with Crippen LogP contribution in [-0.2, 0) is 0 Å². The summed E-state index contributed by atoms with van der Waals surface area (Å²) >= 11 is 0. The van der Waals surface area contributed by atoms with Crippen LogP contribution in [0, 0.1) is 18.3 Å². The minimum Gasteiger partial charge on any atom is -0.496 e. The van der Waals surface area contributed by atoms with Crippen molar-refractivity contribution in [1.82, 2.24) is 30.0 Å². The van der Waals surface area contributed by atoms with Crippen molar-refractivity contribution in [2.75, 3.05) is 33.0 Å². The number of likely N-dealkylation sites (N-methyl/N-ethyl adjacent to an activating group) is 1. The average Bonchev–Trinajstić information content (AvgIpc) is 3.62. The molecule has 11 heteroatoms. The van der Waals surface area contributed by atoms with Gasteiger partial charge in [-0.25, -0.2) is 23.4 Å². The number of nitrogens with one attached hydrogen (secondary N) is 1. The molecule has 0 radical (unpaired) electrons. The molecular formula is C27H32F2N8O. The number of nitrogens with two attached hydrogens (primary N) is 1. The highest BCUT2D eigenvalue weighted by Gasteiger charge is 2.38. The predicted octanol–water partition coefficient (Wildman–Crippen LogP) is 4.20. The Bertz CT molecular complexity index is 1460. The number of likely N-dealkylation sites (tertiary alicyclic amines) is 1. The summed E-state index contributed by atoms with van der Waals surface area (Å²) in [6, 6.07) is 3.79. The van der Waals surface area contributed by atoms with Crippen molar-refractivity contribution < 1.29 is 13.5 Å². The van der Waals surface area contributed by atoms with Crippen LogP contribution in [0.4, 0.5) is 14.6 Å². The molecule has 0 amide bonds. The average molecular weight is 523 g/mol. The highest BCUT2D eigenvalue weighted by molar-refractivity contribution is 5.88. The van der Waals surface area contributed by atoms with E-state index >= 15 is 0 Å². The third-order valence-electron chi connectivity index (χ3n) is 7.94. The topological polar surface area (TPSA) is 118 Å². The molecule has 0 spiro atoms. The maximum absolute atomic E-state index is 13.9. The van der Waals surface area contributed by atoms with Gasteiger partial charge in [0.1, 0.15) is 23.6 Å². The molecule has 2 fully saturated rings. The van der Waals surface area contributed by atoms with E-state index in [2.05, 4.69) is 38.3 Å². The van der Waals surface area contributed by atoms with Gasteiger partial charge in [0.25, 0.3) is 6.43 Å². The smallest absolute Gasteiger partial charge is 0.282 e. The molecule has 9 nitrogen and oxygen atoms in total. The molecule has 0 bridgehead atoms. The summed E-state index contributed by atoms with van der Waals surface area (Å²) in [6.45, 7) is 7.63. The van der Waals surface area contributed by atoms with Crippen LogP contribution < -0.4 is 15.8 Å². The van der Waals surface area contributed by atoms with Crippen molar-refractivity contribution in [2.45, 2.75) is 58.0 Å². The lowest BCUT2D eigenvalue weighted by Gasteiger charge is -2.45. The number of allylic oxidation sites excluding steroid dienone is 1. The summed E-state index contributed by atoms with van der Waals surface area (Å²) < 4.78 is 35.1. The van der Waals surface area contributed by atoms with Crippen LogP contribution in [-0.4, -0.2) is 57.9 Å². The molecule has 5 rings (SSSR count). The van der Waals surface area contributed by atoms with Crippen LogP contribution in [0.25, 0.3) is 11.0 Å². The zero-order chi connectivity index (χ0) is 27.3. The highest BCUT2D eigenvalue weighted by Crippen LogP contribution is 2.44. The number of methoxy groups -OCH3 is 1. The number of hydrogen-bond acceptors (Lipinski definition) is 8. The minimum absolute atomic E-state index is 0.0369. The van der Waals surface area contributed by atoms with Gasteiger partial charge in [0.05, 0.1) is 30.2 Å². The summed E-state index contributed by atoms with van der Waals surface area (Å²) in [5.41, 5.74) is 11.5. The SMILES string of the molecule is CNC(=C1CC1)C(C)N1CC(c2c(C)c(C#N)cc(C(C)n3nc(C(F)F)c4c(N)ncnc43)c2OC)C1. The molecule has 2 aliphatic rings. The van der Waals surface area contributed by atoms with Crippen molar-refractivity contribution in [3.05, 3.63) is 51.6 Å². The third-order valence-corrected chi connectivity index (χ3v) is 7.94. The first-order valence-corrected chi connectivity index (χ1v) is 12.7. The minimum atomic E-state index is -2.85. The number of alkyl halides is 2. The number of anilines is 1. The molecule has 1 saturated heterocycles. The van der Waals surface area contributed by atoms with E-state index in [4.69, 9.17) is 10.5 Å². The summed E-state index contributed by atoms with van der Waals surface area (Å²) in [6.07, 6.45) is 0.696. The molecule has 38 heavy (non-hydrogen) atoms. The molecule has 3 N–H and O–H groups in total. The van der Waals surface area contributed by atoms with Gasteiger partial charge in [0.2, 0.25) is 0 Å². The number of nitriles is 1. The maximum Gasteiger partial charge on any atom is 0.282 e. The number of aromatic nitrogens is 4. The molecule has 1 aliphatic heterocycles. The summed E-state index contributed by atoms with van der Waals surface area (Å²) in [5, 5.41) is 17.6. The summed E-state index contributed by atoms with van der Waals surface area (Å²) in [5.74, 6) is 0.756. The fraction of sp³-hybridized carbons (Fsp3) is 0.481. The molecule has 2 aromatic heterocycles. The normalized spacial score (nSPS) is 17.3. The number of hydrogen-bond donors (Lipinski definition) is 2. The standard InChI is InChI=1S/C27H32F2N8O/c1-13-17(9-30)8-19(14(2)37-27-21(23(35-37)25(28)29)26(31)33-12-34-27)24(38-5)20(13)18-10-36(11-18)15(3)22(32-4)16-6-7-16/h8,12,14-15,18,25,32H,6-7,10-11H2,1-5H3,(H2,31,33,34). The molecule has 3 aromatic rings. The first kappa shape index (κ1) is 25.9. The van der Waals surface area contributed by atoms with Gasteiger partial charge in [-0.2, -0.15) is 10.4 Å². The quantitative estimate of drug-likeness (QED) is 0.452. The van der Waals surface area contributed by atoms with Crippen LogP contribution in [0.3, 0.4) is 0 Å². The molecule has 1 aliphatic carbocycles. The lowest BCUT2D eigenvalue weighted by atomic mass is 9.82. The lowest BCUT2D eigenvalue weighted by Crippen LogP contribution is -2.51. The first-order valence-electron chi connectivity index (χ1n) is 12.7. The van der Waals surface area contributed by atoms with E-state index in [1.54, 1.807) is 13.2 Å². The number of ether oxygens (including phenoxy) is 1. The predicted molar refractivity (Wildman–Crippen MR) is 140 cm³/mol. The van der Waals surface area contributed by atoms with Crippen molar-refractivity contribution in [2.24, 2.45) is 0 Å². The van der Waals surface area contributed by atoms with Crippen molar-refractivity contribution in [1.29, 1.82) is 5.26 Å². The van der Waals surface area contributed by atoms with Gasteiger partial charge >= 0.3 is 0 Å². The van der Waals surface area contributed by atoms with Crippen LogP contribution in [0.2, 0.25) is 0 Å². The Balaban J connectivity index is 1.56. The van der Waals surface area contributed by atoms with Gasteiger partial charge in [0, 0.05) is 48.9 Å². The molecule has 2 atom stereocenters. The number of benzene rings is 1. The van der Waals surface area contributed by atoms with Gasteiger partial charge in [-0.1, -0.05) is 0 Å². The molecule has 200 valence electrons. The highest BCUT2D eigenvalue weighted by atomic mass is 19.3. The number of nitrogen functional groups attached to an aromatic ring is 1. The Morgan fingerprint density at radius 2 is 1.97 bits per heavy atom. The van der Waals surface area contributed by atoms with Crippen molar-refractivity contribution in [3.63, 3.8) is 0 Å². The molecule has 1 aromatic carbocycles. The Labute approximate surface area is 220 Å². The van der Waals surface area contributed by atoms with E-state index < -0.39 is 18.2 Å². The van der Waals surface area contributed by atoms with Gasteiger partial charge in [-0.05, 0) is 50.8 Å².